The highest BCUT2D eigenvalue weighted by molar-refractivity contribution is 7.92. The van der Waals surface area contributed by atoms with Crippen LogP contribution in [0.1, 0.15) is 23.6 Å². The van der Waals surface area contributed by atoms with Gasteiger partial charge in [0.25, 0.3) is 10.0 Å². The summed E-state index contributed by atoms with van der Waals surface area (Å²) in [5, 5.41) is 2.70. The first kappa shape index (κ1) is 20.6. The molecule has 0 aliphatic rings. The first-order valence-corrected chi connectivity index (χ1v) is 10.7. The maximum atomic E-state index is 13.6. The Balaban J connectivity index is 2.10. The minimum Gasteiger partial charge on any atom is -0.326 e. The van der Waals surface area contributed by atoms with Gasteiger partial charge in [0.05, 0.1) is 17.1 Å². The maximum Gasteiger partial charge on any atom is 0.264 e. The highest BCUT2D eigenvalue weighted by Crippen LogP contribution is 2.29. The standard InChI is InChI=1S/C23H24N2O3S/c1-17-8-7-11-21(14-17)25(16-20-9-5-4-6-10-20)29(27,28)22-13-12-18(2)23(15-22)24-19(3)26/h4-15H,16H2,1-3H3,(H,24,26). The molecular formula is C23H24N2O3S. The molecule has 1 N–H and O–H groups in total. The maximum absolute atomic E-state index is 13.6. The molecule has 0 atom stereocenters. The monoisotopic (exact) mass is 408 g/mol. The molecule has 0 aliphatic carbocycles. The number of anilines is 2. The Hall–Kier alpha value is -3.12. The lowest BCUT2D eigenvalue weighted by atomic mass is 10.2. The molecule has 0 fully saturated rings. The molecule has 0 aromatic heterocycles. The summed E-state index contributed by atoms with van der Waals surface area (Å²) in [6, 6.07) is 21.7. The molecule has 29 heavy (non-hydrogen) atoms. The number of rotatable bonds is 6. The van der Waals surface area contributed by atoms with Crippen molar-refractivity contribution >= 4 is 27.3 Å². The summed E-state index contributed by atoms with van der Waals surface area (Å²) in [7, 11) is -3.86. The number of amides is 1. The third-order valence-corrected chi connectivity index (χ3v) is 6.34. The van der Waals surface area contributed by atoms with Crippen LogP contribution in [0.5, 0.6) is 0 Å². The summed E-state index contributed by atoms with van der Waals surface area (Å²) < 4.78 is 28.6. The molecule has 0 saturated heterocycles. The number of nitrogens with zero attached hydrogens (tertiary/aromatic N) is 1. The van der Waals surface area contributed by atoms with Crippen molar-refractivity contribution in [2.45, 2.75) is 32.2 Å². The lowest BCUT2D eigenvalue weighted by molar-refractivity contribution is -0.114. The van der Waals surface area contributed by atoms with Gasteiger partial charge in [0, 0.05) is 12.6 Å². The lowest BCUT2D eigenvalue weighted by Crippen LogP contribution is -2.30. The van der Waals surface area contributed by atoms with E-state index in [1.165, 1.54) is 17.3 Å². The molecule has 3 rings (SSSR count). The van der Waals surface area contributed by atoms with Gasteiger partial charge in [-0.1, -0.05) is 48.5 Å². The van der Waals surface area contributed by atoms with Gasteiger partial charge < -0.3 is 5.32 Å². The van der Waals surface area contributed by atoms with Gasteiger partial charge in [-0.15, -0.1) is 0 Å². The molecule has 0 spiro atoms. The van der Waals surface area contributed by atoms with Gasteiger partial charge in [-0.25, -0.2) is 8.42 Å². The topological polar surface area (TPSA) is 66.5 Å². The smallest absolute Gasteiger partial charge is 0.264 e. The van der Waals surface area contributed by atoms with Crippen LogP contribution >= 0.6 is 0 Å². The predicted molar refractivity (Wildman–Crippen MR) is 116 cm³/mol. The van der Waals surface area contributed by atoms with Gasteiger partial charge in [0.2, 0.25) is 5.91 Å². The Morgan fingerprint density at radius 2 is 1.66 bits per heavy atom. The third-order valence-electron chi connectivity index (χ3n) is 4.57. The minimum atomic E-state index is -3.86. The fourth-order valence-electron chi connectivity index (χ4n) is 3.06. The zero-order valence-corrected chi connectivity index (χ0v) is 17.5. The van der Waals surface area contributed by atoms with E-state index < -0.39 is 10.0 Å². The first-order valence-electron chi connectivity index (χ1n) is 9.29. The quantitative estimate of drug-likeness (QED) is 0.645. The van der Waals surface area contributed by atoms with E-state index in [0.29, 0.717) is 11.4 Å². The van der Waals surface area contributed by atoms with E-state index in [1.807, 2.05) is 62.4 Å². The summed E-state index contributed by atoms with van der Waals surface area (Å²) in [6.45, 7) is 5.35. The van der Waals surface area contributed by atoms with E-state index in [1.54, 1.807) is 18.2 Å². The highest BCUT2D eigenvalue weighted by atomic mass is 32.2. The van der Waals surface area contributed by atoms with Crippen LogP contribution in [-0.2, 0) is 21.4 Å². The molecule has 0 bridgehead atoms. The van der Waals surface area contributed by atoms with Crippen LogP contribution < -0.4 is 9.62 Å². The summed E-state index contributed by atoms with van der Waals surface area (Å²) >= 11 is 0. The molecule has 0 saturated carbocycles. The molecular weight excluding hydrogens is 384 g/mol. The van der Waals surface area contributed by atoms with Gasteiger partial charge in [-0.3, -0.25) is 9.10 Å². The first-order chi connectivity index (χ1) is 13.8. The number of carbonyl (C=O) groups excluding carboxylic acids is 1. The molecule has 3 aromatic rings. The van der Waals surface area contributed by atoms with E-state index in [0.717, 1.165) is 16.7 Å². The molecule has 0 heterocycles. The number of hydrogen-bond acceptors (Lipinski definition) is 3. The van der Waals surface area contributed by atoms with Crippen LogP contribution in [0.2, 0.25) is 0 Å². The highest BCUT2D eigenvalue weighted by Gasteiger charge is 2.26. The van der Waals surface area contributed by atoms with E-state index in [4.69, 9.17) is 0 Å². The second-order valence-corrected chi connectivity index (χ2v) is 8.86. The summed E-state index contributed by atoms with van der Waals surface area (Å²) in [6.07, 6.45) is 0. The number of carbonyl (C=O) groups is 1. The van der Waals surface area contributed by atoms with Crippen molar-refractivity contribution in [1.82, 2.24) is 0 Å². The van der Waals surface area contributed by atoms with Crippen LogP contribution in [0.15, 0.2) is 77.7 Å². The number of sulfonamides is 1. The van der Waals surface area contributed by atoms with Crippen LogP contribution in [0.25, 0.3) is 0 Å². The van der Waals surface area contributed by atoms with Crippen LogP contribution in [-0.4, -0.2) is 14.3 Å². The minimum absolute atomic E-state index is 0.129. The van der Waals surface area contributed by atoms with Crippen molar-refractivity contribution in [3.05, 3.63) is 89.5 Å². The van der Waals surface area contributed by atoms with E-state index in [2.05, 4.69) is 5.32 Å². The predicted octanol–water partition coefficient (Wildman–Crippen LogP) is 4.66. The second kappa shape index (κ2) is 8.49. The van der Waals surface area contributed by atoms with Gasteiger partial charge in [0.15, 0.2) is 0 Å². The molecule has 0 radical (unpaired) electrons. The summed E-state index contributed by atoms with van der Waals surface area (Å²) in [5.41, 5.74) is 3.73. The van der Waals surface area contributed by atoms with E-state index in [-0.39, 0.29) is 17.3 Å². The van der Waals surface area contributed by atoms with Gasteiger partial charge in [0.1, 0.15) is 0 Å². The van der Waals surface area contributed by atoms with E-state index >= 15 is 0 Å². The Labute approximate surface area is 172 Å². The van der Waals surface area contributed by atoms with Crippen LogP contribution in [0.3, 0.4) is 0 Å². The number of nitrogens with one attached hydrogen (secondary N) is 1. The summed E-state index contributed by atoms with van der Waals surface area (Å²) in [4.78, 5) is 11.6. The fraction of sp³-hybridized carbons (Fsp3) is 0.174. The normalized spacial score (nSPS) is 11.1. The zero-order valence-electron chi connectivity index (χ0n) is 16.7. The molecule has 150 valence electrons. The second-order valence-electron chi connectivity index (χ2n) is 6.99. The molecule has 0 aliphatic heterocycles. The fourth-order valence-corrected chi connectivity index (χ4v) is 4.53. The van der Waals surface area contributed by atoms with Crippen molar-refractivity contribution in [2.24, 2.45) is 0 Å². The average Bonchev–Trinajstić information content (AvgIpc) is 2.68. The molecule has 0 unspecified atom stereocenters. The van der Waals surface area contributed by atoms with Gasteiger partial charge >= 0.3 is 0 Å². The van der Waals surface area contributed by atoms with Crippen LogP contribution in [0, 0.1) is 13.8 Å². The van der Waals surface area contributed by atoms with Crippen molar-refractivity contribution in [3.8, 4) is 0 Å². The molecule has 1 amide bonds. The third kappa shape index (κ3) is 4.84. The van der Waals surface area contributed by atoms with Crippen LogP contribution in [0.4, 0.5) is 11.4 Å². The van der Waals surface area contributed by atoms with Crippen molar-refractivity contribution in [3.63, 3.8) is 0 Å². The average molecular weight is 409 g/mol. The van der Waals surface area contributed by atoms with Gasteiger partial charge in [-0.05, 0) is 54.8 Å². The van der Waals surface area contributed by atoms with Gasteiger partial charge in [-0.2, -0.15) is 0 Å². The zero-order chi connectivity index (χ0) is 21.0. The molecule has 3 aromatic carbocycles. The Bertz CT molecular complexity index is 1130. The van der Waals surface area contributed by atoms with Crippen molar-refractivity contribution < 1.29 is 13.2 Å². The molecule has 6 heteroatoms. The SMILES string of the molecule is CC(=O)Nc1cc(S(=O)(=O)N(Cc2ccccc2)c2cccc(C)c2)ccc1C. The van der Waals surface area contributed by atoms with E-state index in [9.17, 15) is 13.2 Å². The van der Waals surface area contributed by atoms with Crippen molar-refractivity contribution in [2.75, 3.05) is 9.62 Å². The summed E-state index contributed by atoms with van der Waals surface area (Å²) in [5.74, 6) is -0.248. The van der Waals surface area contributed by atoms with Crippen molar-refractivity contribution in [1.29, 1.82) is 0 Å². The number of benzene rings is 3. The Morgan fingerprint density at radius 1 is 0.931 bits per heavy atom. The Morgan fingerprint density at radius 3 is 2.31 bits per heavy atom. The largest absolute Gasteiger partial charge is 0.326 e. The Kier molecular flexibility index (Phi) is 6.03. The number of hydrogen-bond donors (Lipinski definition) is 1. The molecule has 5 nitrogen and oxygen atoms in total. The lowest BCUT2D eigenvalue weighted by Gasteiger charge is -2.25. The number of aryl methyl sites for hydroxylation is 2.